The summed E-state index contributed by atoms with van der Waals surface area (Å²) in [6.45, 7) is 3.12. The molecule has 0 aromatic heterocycles. The number of carbonyl (C=O) groups excluding carboxylic acids is 4. The highest BCUT2D eigenvalue weighted by molar-refractivity contribution is 8.00. The van der Waals surface area contributed by atoms with Crippen LogP contribution in [0.15, 0.2) is 42.1 Å². The number of ether oxygens (including phenoxy) is 3. The lowest BCUT2D eigenvalue weighted by atomic mass is 10.0. The monoisotopic (exact) mass is 434 g/mol. The van der Waals surface area contributed by atoms with Gasteiger partial charge in [0, 0.05) is 12.7 Å². The largest absolute Gasteiger partial charge is 0.511 e. The van der Waals surface area contributed by atoms with E-state index in [1.54, 1.807) is 13.0 Å². The molecule has 1 aromatic carbocycles. The first-order valence-corrected chi connectivity index (χ1v) is 10.5. The van der Waals surface area contributed by atoms with Crippen molar-refractivity contribution in [3.05, 3.63) is 47.7 Å². The summed E-state index contributed by atoms with van der Waals surface area (Å²) < 4.78 is 14.5. The van der Waals surface area contributed by atoms with E-state index in [1.165, 1.54) is 23.6 Å². The summed E-state index contributed by atoms with van der Waals surface area (Å²) in [4.78, 5) is 49.9. The van der Waals surface area contributed by atoms with E-state index in [2.05, 4.69) is 10.1 Å². The predicted molar refractivity (Wildman–Crippen MR) is 107 cm³/mol. The standard InChI is InChI=1S/C20H22N2O7S/c1-3-27-20(26)29-12(2)28-19(25)14-9-10-30-18-16(17(24)22(14)18)21-15(23)11-13-7-5-4-6-8-13/h4-9,12,16,18H,3,10-11H2,1-2H3,(H,21,23)/t12?,16?,18-/m1/s1. The highest BCUT2D eigenvalue weighted by Crippen LogP contribution is 2.37. The second kappa shape index (κ2) is 9.66. The minimum absolute atomic E-state index is 0.0663. The summed E-state index contributed by atoms with van der Waals surface area (Å²) >= 11 is 1.43. The van der Waals surface area contributed by atoms with Crippen molar-refractivity contribution in [2.24, 2.45) is 0 Å². The summed E-state index contributed by atoms with van der Waals surface area (Å²) in [7, 11) is 0. The van der Waals surface area contributed by atoms with E-state index < -0.39 is 35.7 Å². The Kier molecular flexibility index (Phi) is 6.99. The lowest BCUT2D eigenvalue weighted by Crippen LogP contribution is -2.70. The fourth-order valence-corrected chi connectivity index (χ4v) is 4.25. The molecule has 2 aliphatic rings. The first-order valence-electron chi connectivity index (χ1n) is 9.43. The molecule has 2 unspecified atom stereocenters. The number of rotatable bonds is 7. The smallest absolute Gasteiger partial charge is 0.435 e. The molecular weight excluding hydrogens is 412 g/mol. The van der Waals surface area contributed by atoms with Crippen molar-refractivity contribution < 1.29 is 33.4 Å². The molecule has 0 spiro atoms. The molecule has 2 heterocycles. The molecule has 1 aromatic rings. The van der Waals surface area contributed by atoms with Crippen LogP contribution in [0.25, 0.3) is 0 Å². The molecule has 9 nitrogen and oxygen atoms in total. The maximum Gasteiger partial charge on any atom is 0.511 e. The van der Waals surface area contributed by atoms with Crippen LogP contribution in [0.4, 0.5) is 4.79 Å². The highest BCUT2D eigenvalue weighted by Gasteiger charge is 2.53. The van der Waals surface area contributed by atoms with Gasteiger partial charge < -0.3 is 19.5 Å². The molecule has 3 rings (SSSR count). The average molecular weight is 434 g/mol. The summed E-state index contributed by atoms with van der Waals surface area (Å²) in [6, 6.07) is 8.49. The number of esters is 1. The van der Waals surface area contributed by atoms with Crippen molar-refractivity contribution in [2.75, 3.05) is 12.4 Å². The maximum absolute atomic E-state index is 12.6. The minimum atomic E-state index is -1.18. The second-order valence-corrected chi connectivity index (χ2v) is 7.65. The molecule has 3 atom stereocenters. The molecule has 1 fully saturated rings. The van der Waals surface area contributed by atoms with Crippen LogP contribution in [-0.4, -0.2) is 58.9 Å². The Hall–Kier alpha value is -3.01. The SMILES string of the molecule is CCOC(=O)OC(C)OC(=O)C1=CCS[C@@H]2C(NC(=O)Cc3ccccc3)C(=O)N12. The van der Waals surface area contributed by atoms with Gasteiger partial charge in [-0.2, -0.15) is 0 Å². The quantitative estimate of drug-likeness (QED) is 0.391. The number of hydrogen-bond acceptors (Lipinski definition) is 8. The Labute approximate surface area is 177 Å². The van der Waals surface area contributed by atoms with Crippen LogP contribution >= 0.6 is 11.8 Å². The van der Waals surface area contributed by atoms with Crippen LogP contribution in [0.2, 0.25) is 0 Å². The van der Waals surface area contributed by atoms with E-state index in [0.717, 1.165) is 5.56 Å². The molecule has 0 saturated carbocycles. The lowest BCUT2D eigenvalue weighted by Gasteiger charge is -2.48. The number of thioether (sulfide) groups is 1. The van der Waals surface area contributed by atoms with E-state index in [4.69, 9.17) is 9.47 Å². The molecule has 2 amide bonds. The summed E-state index contributed by atoms with van der Waals surface area (Å²) in [6.07, 6.45) is -0.399. The van der Waals surface area contributed by atoms with Crippen molar-refractivity contribution in [2.45, 2.75) is 38.0 Å². The van der Waals surface area contributed by atoms with Gasteiger partial charge >= 0.3 is 12.1 Å². The number of nitrogens with one attached hydrogen (secondary N) is 1. The third-order valence-electron chi connectivity index (χ3n) is 4.38. The zero-order valence-corrected chi connectivity index (χ0v) is 17.3. The van der Waals surface area contributed by atoms with Gasteiger partial charge in [-0.3, -0.25) is 14.5 Å². The molecule has 0 radical (unpaired) electrons. The molecule has 0 bridgehead atoms. The van der Waals surface area contributed by atoms with Gasteiger partial charge in [0.05, 0.1) is 13.0 Å². The third-order valence-corrected chi connectivity index (χ3v) is 5.56. The van der Waals surface area contributed by atoms with Gasteiger partial charge in [0.15, 0.2) is 0 Å². The van der Waals surface area contributed by atoms with Gasteiger partial charge in [-0.1, -0.05) is 30.3 Å². The molecule has 30 heavy (non-hydrogen) atoms. The van der Waals surface area contributed by atoms with E-state index >= 15 is 0 Å². The fraction of sp³-hybridized carbons (Fsp3) is 0.400. The van der Waals surface area contributed by atoms with Crippen molar-refractivity contribution in [1.82, 2.24) is 10.2 Å². The number of nitrogens with zero attached hydrogens (tertiary/aromatic N) is 1. The van der Waals surface area contributed by atoms with Crippen LogP contribution in [0.5, 0.6) is 0 Å². The average Bonchev–Trinajstić information content (AvgIpc) is 2.72. The Balaban J connectivity index is 1.55. The zero-order chi connectivity index (χ0) is 21.7. The highest BCUT2D eigenvalue weighted by atomic mass is 32.2. The van der Waals surface area contributed by atoms with Gasteiger partial charge in [0.2, 0.25) is 12.2 Å². The topological polar surface area (TPSA) is 111 Å². The lowest BCUT2D eigenvalue weighted by molar-refractivity contribution is -0.168. The Morgan fingerprint density at radius 2 is 1.97 bits per heavy atom. The van der Waals surface area contributed by atoms with Crippen molar-refractivity contribution in [3.8, 4) is 0 Å². The van der Waals surface area contributed by atoms with E-state index in [-0.39, 0.29) is 24.6 Å². The summed E-state index contributed by atoms with van der Waals surface area (Å²) in [5, 5.41) is 2.34. The van der Waals surface area contributed by atoms with Crippen molar-refractivity contribution in [3.63, 3.8) is 0 Å². The van der Waals surface area contributed by atoms with Gasteiger partial charge in [0.1, 0.15) is 17.1 Å². The number of hydrogen-bond donors (Lipinski definition) is 1. The predicted octanol–water partition coefficient (Wildman–Crippen LogP) is 1.58. The number of carbonyl (C=O) groups is 4. The van der Waals surface area contributed by atoms with E-state index in [0.29, 0.717) is 5.75 Å². The first-order chi connectivity index (χ1) is 14.4. The Bertz CT molecular complexity index is 858. The van der Waals surface area contributed by atoms with Gasteiger partial charge in [0.25, 0.3) is 5.91 Å². The minimum Gasteiger partial charge on any atom is -0.435 e. The molecule has 0 aliphatic carbocycles. The Morgan fingerprint density at radius 1 is 1.23 bits per heavy atom. The second-order valence-electron chi connectivity index (χ2n) is 6.50. The number of fused-ring (bicyclic) bond motifs is 1. The first kappa shape index (κ1) is 21.7. The van der Waals surface area contributed by atoms with E-state index in [1.807, 2.05) is 30.3 Å². The van der Waals surface area contributed by atoms with Gasteiger partial charge in [-0.15, -0.1) is 11.8 Å². The normalized spacial score (nSPS) is 20.8. The molecular formula is C20H22N2O7S. The number of amides is 2. The van der Waals surface area contributed by atoms with Gasteiger partial charge in [-0.25, -0.2) is 9.59 Å². The molecule has 160 valence electrons. The zero-order valence-electron chi connectivity index (χ0n) is 16.5. The van der Waals surface area contributed by atoms with E-state index in [9.17, 15) is 19.2 Å². The van der Waals surface area contributed by atoms with Gasteiger partial charge in [-0.05, 0) is 18.6 Å². The maximum atomic E-state index is 12.6. The molecule has 1 saturated heterocycles. The number of β-lactam (4-membered cyclic amide) rings is 1. The van der Waals surface area contributed by atoms with Crippen molar-refractivity contribution in [1.29, 1.82) is 0 Å². The van der Waals surface area contributed by atoms with Crippen LogP contribution < -0.4 is 5.32 Å². The molecule has 1 N–H and O–H groups in total. The fourth-order valence-electron chi connectivity index (χ4n) is 3.06. The third kappa shape index (κ3) is 4.93. The van der Waals surface area contributed by atoms with Crippen molar-refractivity contribution >= 4 is 35.7 Å². The summed E-state index contributed by atoms with van der Waals surface area (Å²) in [5.74, 6) is -0.984. The van der Waals surface area contributed by atoms with Crippen LogP contribution in [0.1, 0.15) is 19.4 Å². The number of benzene rings is 1. The van der Waals surface area contributed by atoms with Crippen LogP contribution in [-0.2, 0) is 35.0 Å². The van der Waals surface area contributed by atoms with Crippen LogP contribution in [0, 0.1) is 0 Å². The summed E-state index contributed by atoms with van der Waals surface area (Å²) in [5.41, 5.74) is 0.909. The Morgan fingerprint density at radius 3 is 2.67 bits per heavy atom. The molecule has 10 heteroatoms. The molecule has 2 aliphatic heterocycles. The van der Waals surface area contributed by atoms with Crippen LogP contribution in [0.3, 0.4) is 0 Å².